The first-order valence-electron chi connectivity index (χ1n) is 6.95. The second-order valence-electron chi connectivity index (χ2n) is 5.44. The molecule has 0 spiro atoms. The van der Waals surface area contributed by atoms with Gasteiger partial charge in [-0.15, -0.1) is 0 Å². The highest BCUT2D eigenvalue weighted by molar-refractivity contribution is 5.95. The van der Waals surface area contributed by atoms with Crippen LogP contribution in [-0.2, 0) is 4.79 Å². The van der Waals surface area contributed by atoms with Gasteiger partial charge in [-0.25, -0.2) is 0 Å². The molecule has 1 heterocycles. The Bertz CT molecular complexity index is 614. The van der Waals surface area contributed by atoms with Crippen LogP contribution < -0.4 is 4.90 Å². The number of benzene rings is 2. The van der Waals surface area contributed by atoms with Gasteiger partial charge < -0.3 is 4.90 Å². The number of piperidine rings is 1. The summed E-state index contributed by atoms with van der Waals surface area (Å²) >= 11 is 0. The van der Waals surface area contributed by atoms with Crippen LogP contribution in [-0.4, -0.2) is 18.4 Å². The summed E-state index contributed by atoms with van der Waals surface area (Å²) in [6.07, 6.45) is 0.661. The molecule has 0 N–H and O–H groups in total. The van der Waals surface area contributed by atoms with Crippen LogP contribution in [0.1, 0.15) is 20.3 Å². The average molecular weight is 253 g/mol. The first kappa shape index (κ1) is 12.2. The van der Waals surface area contributed by atoms with E-state index >= 15 is 0 Å². The zero-order valence-corrected chi connectivity index (χ0v) is 11.5. The molecule has 1 fully saturated rings. The zero-order chi connectivity index (χ0) is 13.4. The molecule has 19 heavy (non-hydrogen) atoms. The summed E-state index contributed by atoms with van der Waals surface area (Å²) in [5.74, 6) is 0.511. The minimum atomic E-state index is 0.118. The van der Waals surface area contributed by atoms with E-state index in [0.29, 0.717) is 12.2 Å². The number of anilines is 1. The molecule has 2 aromatic carbocycles. The summed E-state index contributed by atoms with van der Waals surface area (Å²) in [6.45, 7) is 5.03. The maximum atomic E-state index is 11.8. The van der Waals surface area contributed by atoms with E-state index in [-0.39, 0.29) is 12.0 Å². The number of carbonyl (C=O) groups excluding carboxylic acids is 1. The van der Waals surface area contributed by atoms with Crippen LogP contribution in [0.2, 0.25) is 0 Å². The van der Waals surface area contributed by atoms with Gasteiger partial charge in [0.1, 0.15) is 5.78 Å². The zero-order valence-electron chi connectivity index (χ0n) is 11.5. The van der Waals surface area contributed by atoms with Gasteiger partial charge in [-0.1, -0.05) is 43.3 Å². The van der Waals surface area contributed by atoms with Gasteiger partial charge >= 0.3 is 0 Å². The van der Waals surface area contributed by atoms with Gasteiger partial charge in [0.15, 0.2) is 0 Å². The number of Topliss-reactive ketones (excluding diaryl/α,β-unsaturated/α-hetero) is 1. The van der Waals surface area contributed by atoms with Crippen molar-refractivity contribution in [2.45, 2.75) is 26.3 Å². The molecule has 2 unspecified atom stereocenters. The van der Waals surface area contributed by atoms with E-state index in [4.69, 9.17) is 0 Å². The predicted molar refractivity (Wildman–Crippen MR) is 79.5 cm³/mol. The summed E-state index contributed by atoms with van der Waals surface area (Å²) in [5.41, 5.74) is 1.25. The second-order valence-corrected chi connectivity index (χ2v) is 5.44. The van der Waals surface area contributed by atoms with Crippen molar-refractivity contribution in [1.29, 1.82) is 0 Å². The van der Waals surface area contributed by atoms with Crippen LogP contribution in [0.25, 0.3) is 10.8 Å². The topological polar surface area (TPSA) is 20.3 Å². The van der Waals surface area contributed by atoms with E-state index in [0.717, 1.165) is 6.54 Å². The van der Waals surface area contributed by atoms with Crippen LogP contribution in [0, 0.1) is 5.92 Å². The summed E-state index contributed by atoms with van der Waals surface area (Å²) in [4.78, 5) is 14.2. The lowest BCUT2D eigenvalue weighted by Crippen LogP contribution is -2.47. The fourth-order valence-electron chi connectivity index (χ4n) is 3.00. The van der Waals surface area contributed by atoms with Crippen molar-refractivity contribution in [3.63, 3.8) is 0 Å². The van der Waals surface area contributed by atoms with Crippen molar-refractivity contribution in [2.75, 3.05) is 11.4 Å². The van der Waals surface area contributed by atoms with Crippen LogP contribution in [0.3, 0.4) is 0 Å². The molecule has 0 bridgehead atoms. The van der Waals surface area contributed by atoms with E-state index < -0.39 is 0 Å². The first-order chi connectivity index (χ1) is 9.18. The number of nitrogens with zero attached hydrogens (tertiary/aromatic N) is 1. The maximum Gasteiger partial charge on any atom is 0.139 e. The van der Waals surface area contributed by atoms with E-state index in [1.54, 1.807) is 0 Å². The summed E-state index contributed by atoms with van der Waals surface area (Å²) in [7, 11) is 0. The van der Waals surface area contributed by atoms with Crippen LogP contribution in [0.5, 0.6) is 0 Å². The molecule has 2 atom stereocenters. The fourth-order valence-corrected chi connectivity index (χ4v) is 3.00. The van der Waals surface area contributed by atoms with Gasteiger partial charge in [-0.2, -0.15) is 0 Å². The normalized spacial score (nSPS) is 23.9. The molecule has 0 amide bonds. The van der Waals surface area contributed by atoms with E-state index in [9.17, 15) is 4.79 Å². The van der Waals surface area contributed by atoms with E-state index in [1.807, 2.05) is 6.92 Å². The Labute approximate surface area is 114 Å². The molecule has 2 heteroatoms. The molecule has 0 aliphatic carbocycles. The third-order valence-corrected chi connectivity index (χ3v) is 4.40. The minimum Gasteiger partial charge on any atom is -0.367 e. The molecule has 0 aromatic heterocycles. The SMILES string of the molecule is CC1C(=O)CCN(c2cccc3ccccc23)C1C. The summed E-state index contributed by atoms with van der Waals surface area (Å²) < 4.78 is 0. The fraction of sp³-hybridized carbons (Fsp3) is 0.353. The number of ketones is 1. The maximum absolute atomic E-state index is 11.8. The Morgan fingerprint density at radius 3 is 2.63 bits per heavy atom. The number of hydrogen-bond donors (Lipinski definition) is 0. The number of hydrogen-bond acceptors (Lipinski definition) is 2. The van der Waals surface area contributed by atoms with Crippen molar-refractivity contribution in [1.82, 2.24) is 0 Å². The monoisotopic (exact) mass is 253 g/mol. The molecule has 3 rings (SSSR count). The van der Waals surface area contributed by atoms with Gasteiger partial charge in [0.2, 0.25) is 0 Å². The van der Waals surface area contributed by atoms with E-state index in [1.165, 1.54) is 16.5 Å². The molecule has 1 aliphatic rings. The van der Waals surface area contributed by atoms with Crippen LogP contribution in [0.4, 0.5) is 5.69 Å². The first-order valence-corrected chi connectivity index (χ1v) is 6.95. The second kappa shape index (κ2) is 4.69. The number of rotatable bonds is 1. The van der Waals surface area contributed by atoms with Crippen LogP contribution >= 0.6 is 0 Å². The Hall–Kier alpha value is -1.83. The summed E-state index contributed by atoms with van der Waals surface area (Å²) in [5, 5.41) is 2.54. The van der Waals surface area contributed by atoms with Gasteiger partial charge in [0.25, 0.3) is 0 Å². The van der Waals surface area contributed by atoms with Gasteiger partial charge in [-0.05, 0) is 18.4 Å². The highest BCUT2D eigenvalue weighted by Crippen LogP contribution is 2.32. The van der Waals surface area contributed by atoms with E-state index in [2.05, 4.69) is 54.3 Å². The molecule has 1 aliphatic heterocycles. The average Bonchev–Trinajstić information content (AvgIpc) is 2.45. The molecule has 0 saturated carbocycles. The van der Waals surface area contributed by atoms with Gasteiger partial charge in [0, 0.05) is 36.0 Å². The molecule has 2 aromatic rings. The Morgan fingerprint density at radius 2 is 1.79 bits per heavy atom. The quantitative estimate of drug-likeness (QED) is 0.773. The van der Waals surface area contributed by atoms with Crippen molar-refractivity contribution < 1.29 is 4.79 Å². The third kappa shape index (κ3) is 2.01. The Kier molecular flexibility index (Phi) is 3.02. The smallest absolute Gasteiger partial charge is 0.139 e. The molecule has 1 saturated heterocycles. The van der Waals surface area contributed by atoms with Crippen molar-refractivity contribution >= 4 is 22.2 Å². The van der Waals surface area contributed by atoms with Crippen molar-refractivity contribution in [3.05, 3.63) is 42.5 Å². The summed E-state index contributed by atoms with van der Waals surface area (Å²) in [6, 6.07) is 15.1. The highest BCUT2D eigenvalue weighted by atomic mass is 16.1. The Balaban J connectivity index is 2.07. The van der Waals surface area contributed by atoms with Gasteiger partial charge in [-0.3, -0.25) is 4.79 Å². The predicted octanol–water partition coefficient (Wildman–Crippen LogP) is 3.64. The highest BCUT2D eigenvalue weighted by Gasteiger charge is 2.31. The number of fused-ring (bicyclic) bond motifs is 1. The molecular formula is C17H19NO. The molecule has 0 radical (unpaired) electrons. The molecule has 2 nitrogen and oxygen atoms in total. The number of carbonyl (C=O) groups is 1. The van der Waals surface area contributed by atoms with Gasteiger partial charge in [0.05, 0.1) is 0 Å². The standard InChI is InChI=1S/C17H19NO/c1-12-13(2)18(11-10-17(12)19)16-9-5-7-14-6-3-4-8-15(14)16/h3-9,12-13H,10-11H2,1-2H3. The molecule has 98 valence electrons. The lowest BCUT2D eigenvalue weighted by Gasteiger charge is -2.39. The molecular weight excluding hydrogens is 234 g/mol. The lowest BCUT2D eigenvalue weighted by atomic mass is 9.90. The Morgan fingerprint density at radius 1 is 1.05 bits per heavy atom. The largest absolute Gasteiger partial charge is 0.367 e. The van der Waals surface area contributed by atoms with Crippen molar-refractivity contribution in [2.24, 2.45) is 5.92 Å². The lowest BCUT2D eigenvalue weighted by molar-refractivity contribution is -0.123. The van der Waals surface area contributed by atoms with Crippen LogP contribution in [0.15, 0.2) is 42.5 Å². The third-order valence-electron chi connectivity index (χ3n) is 4.40. The minimum absolute atomic E-state index is 0.118. The van der Waals surface area contributed by atoms with Crippen molar-refractivity contribution in [3.8, 4) is 0 Å².